The molecule has 0 N–H and O–H groups in total. The van der Waals surface area contributed by atoms with Crippen LogP contribution in [0.4, 0.5) is 0 Å². The third kappa shape index (κ3) is 3.06. The van der Waals surface area contributed by atoms with Gasteiger partial charge in [-0.3, -0.25) is 9.59 Å². The number of hydrogen-bond donors (Lipinski definition) is 0. The van der Waals surface area contributed by atoms with Crippen LogP contribution in [-0.2, 0) is 4.79 Å². The predicted octanol–water partition coefficient (Wildman–Crippen LogP) is 1.41. The lowest BCUT2D eigenvalue weighted by Crippen LogP contribution is -2.49. The molecule has 1 aliphatic rings. The topological polar surface area (TPSA) is 79.3 Å². The van der Waals surface area contributed by atoms with Crippen molar-refractivity contribution in [2.45, 2.75) is 25.9 Å². The number of nitrogens with zero attached hydrogens (tertiary/aromatic N) is 5. The molecule has 1 atom stereocenters. The summed E-state index contributed by atoms with van der Waals surface area (Å²) in [6.45, 7) is 3.89. The standard InChI is InChI=1S/C16H19N5O2S/c1-10(2)20(3)15(22)13-8-24-9-21(13)16(23)14-17-11-6-4-5-7-12(11)18-19-14/h4-7,10,13H,8-9H2,1-3H3/t13-/m0/s1. The Morgan fingerprint density at radius 3 is 2.67 bits per heavy atom. The molecule has 1 fully saturated rings. The van der Waals surface area contributed by atoms with Crippen LogP contribution in [-0.4, -0.2) is 67.6 Å². The zero-order valence-corrected chi connectivity index (χ0v) is 14.7. The van der Waals surface area contributed by atoms with Crippen LogP contribution < -0.4 is 0 Å². The molecule has 126 valence electrons. The summed E-state index contributed by atoms with van der Waals surface area (Å²) in [4.78, 5) is 32.9. The van der Waals surface area contributed by atoms with Crippen molar-refractivity contribution < 1.29 is 9.59 Å². The quantitative estimate of drug-likeness (QED) is 0.837. The van der Waals surface area contributed by atoms with Crippen molar-refractivity contribution in [1.82, 2.24) is 25.0 Å². The van der Waals surface area contributed by atoms with Gasteiger partial charge in [0.15, 0.2) is 0 Å². The van der Waals surface area contributed by atoms with Crippen molar-refractivity contribution in [3.63, 3.8) is 0 Å². The van der Waals surface area contributed by atoms with Gasteiger partial charge in [-0.05, 0) is 26.0 Å². The Balaban J connectivity index is 1.85. The van der Waals surface area contributed by atoms with Gasteiger partial charge in [0.1, 0.15) is 11.6 Å². The van der Waals surface area contributed by atoms with Crippen LogP contribution in [0.25, 0.3) is 11.0 Å². The van der Waals surface area contributed by atoms with Crippen LogP contribution in [0.5, 0.6) is 0 Å². The number of likely N-dealkylation sites (N-methyl/N-ethyl adjacent to an activating group) is 1. The van der Waals surface area contributed by atoms with E-state index in [1.54, 1.807) is 35.8 Å². The van der Waals surface area contributed by atoms with E-state index in [0.717, 1.165) is 0 Å². The number of thioether (sulfide) groups is 1. The molecule has 2 heterocycles. The molecule has 0 unspecified atom stereocenters. The molecular formula is C16H19N5O2S. The molecule has 8 heteroatoms. The Bertz CT molecular complexity index is 782. The Labute approximate surface area is 144 Å². The molecule has 1 aromatic heterocycles. The highest BCUT2D eigenvalue weighted by Gasteiger charge is 2.38. The molecule has 1 saturated heterocycles. The van der Waals surface area contributed by atoms with Gasteiger partial charge >= 0.3 is 0 Å². The average molecular weight is 345 g/mol. The van der Waals surface area contributed by atoms with Crippen LogP contribution in [0, 0.1) is 0 Å². The SMILES string of the molecule is CC(C)N(C)C(=O)[C@@H]1CSCN1C(=O)c1nnc2ccccc2n1. The molecular weight excluding hydrogens is 326 g/mol. The summed E-state index contributed by atoms with van der Waals surface area (Å²) in [5.74, 6) is 0.659. The van der Waals surface area contributed by atoms with E-state index in [0.29, 0.717) is 22.7 Å². The minimum atomic E-state index is -0.482. The molecule has 3 rings (SSSR count). The molecule has 2 amide bonds. The van der Waals surface area contributed by atoms with Gasteiger partial charge in [-0.1, -0.05) is 12.1 Å². The van der Waals surface area contributed by atoms with Crippen molar-refractivity contribution in [3.8, 4) is 0 Å². The van der Waals surface area contributed by atoms with Crippen LogP contribution in [0.2, 0.25) is 0 Å². The van der Waals surface area contributed by atoms with Gasteiger partial charge in [-0.2, -0.15) is 0 Å². The van der Waals surface area contributed by atoms with Crippen LogP contribution in [0.1, 0.15) is 24.5 Å². The van der Waals surface area contributed by atoms with Crippen molar-refractivity contribution in [2.75, 3.05) is 18.7 Å². The fraction of sp³-hybridized carbons (Fsp3) is 0.438. The normalized spacial score (nSPS) is 17.5. The van der Waals surface area contributed by atoms with Gasteiger partial charge in [0.05, 0.1) is 11.4 Å². The second kappa shape index (κ2) is 6.72. The fourth-order valence-electron chi connectivity index (χ4n) is 2.44. The first-order chi connectivity index (χ1) is 11.5. The number of aromatic nitrogens is 3. The number of amides is 2. The van der Waals surface area contributed by atoms with Crippen molar-refractivity contribution in [1.29, 1.82) is 0 Å². The number of benzene rings is 1. The van der Waals surface area contributed by atoms with E-state index in [4.69, 9.17) is 0 Å². The molecule has 0 radical (unpaired) electrons. The summed E-state index contributed by atoms with van der Waals surface area (Å²) in [7, 11) is 1.76. The minimum absolute atomic E-state index is 0.0289. The molecule has 0 spiro atoms. The van der Waals surface area contributed by atoms with Crippen molar-refractivity contribution in [2.24, 2.45) is 0 Å². The second-order valence-corrected chi connectivity index (χ2v) is 6.96. The molecule has 2 aromatic rings. The molecule has 1 aromatic carbocycles. The fourth-order valence-corrected chi connectivity index (χ4v) is 3.58. The molecule has 24 heavy (non-hydrogen) atoms. The molecule has 0 bridgehead atoms. The number of carbonyl (C=O) groups excluding carboxylic acids is 2. The highest BCUT2D eigenvalue weighted by Crippen LogP contribution is 2.24. The highest BCUT2D eigenvalue weighted by molar-refractivity contribution is 7.99. The number of fused-ring (bicyclic) bond motifs is 1. The van der Waals surface area contributed by atoms with E-state index in [1.807, 2.05) is 26.0 Å². The van der Waals surface area contributed by atoms with E-state index in [2.05, 4.69) is 15.2 Å². The molecule has 7 nitrogen and oxygen atoms in total. The number of hydrogen-bond acceptors (Lipinski definition) is 6. The van der Waals surface area contributed by atoms with E-state index in [1.165, 1.54) is 4.90 Å². The van der Waals surface area contributed by atoms with Gasteiger partial charge in [0.25, 0.3) is 5.91 Å². The van der Waals surface area contributed by atoms with E-state index in [9.17, 15) is 9.59 Å². The largest absolute Gasteiger partial charge is 0.342 e. The monoisotopic (exact) mass is 345 g/mol. The maximum atomic E-state index is 12.8. The maximum absolute atomic E-state index is 12.8. The Morgan fingerprint density at radius 1 is 1.25 bits per heavy atom. The summed E-state index contributed by atoms with van der Waals surface area (Å²) < 4.78 is 0. The van der Waals surface area contributed by atoms with Gasteiger partial charge in [-0.15, -0.1) is 22.0 Å². The Hall–Kier alpha value is -2.22. The summed E-state index contributed by atoms with van der Waals surface area (Å²) in [6.07, 6.45) is 0. The molecule has 0 saturated carbocycles. The number of para-hydroxylation sites is 1. The van der Waals surface area contributed by atoms with Crippen molar-refractivity contribution >= 4 is 34.6 Å². The van der Waals surface area contributed by atoms with E-state index >= 15 is 0 Å². The summed E-state index contributed by atoms with van der Waals surface area (Å²) in [6, 6.07) is 6.85. The molecule has 0 aliphatic carbocycles. The lowest BCUT2D eigenvalue weighted by molar-refractivity contribution is -0.135. The zero-order chi connectivity index (χ0) is 17.3. The van der Waals surface area contributed by atoms with Gasteiger partial charge < -0.3 is 9.80 Å². The Morgan fingerprint density at radius 2 is 1.96 bits per heavy atom. The first-order valence-electron chi connectivity index (χ1n) is 7.74. The Kier molecular flexibility index (Phi) is 4.66. The average Bonchev–Trinajstić information content (AvgIpc) is 3.08. The highest BCUT2D eigenvalue weighted by atomic mass is 32.2. The lowest BCUT2D eigenvalue weighted by atomic mass is 10.2. The zero-order valence-electron chi connectivity index (χ0n) is 13.8. The van der Waals surface area contributed by atoms with Crippen LogP contribution in [0.3, 0.4) is 0 Å². The van der Waals surface area contributed by atoms with Crippen molar-refractivity contribution in [3.05, 3.63) is 30.1 Å². The van der Waals surface area contributed by atoms with Crippen LogP contribution in [0.15, 0.2) is 24.3 Å². The third-order valence-corrected chi connectivity index (χ3v) is 5.11. The summed E-state index contributed by atoms with van der Waals surface area (Å²) in [5.41, 5.74) is 1.25. The number of rotatable bonds is 3. The van der Waals surface area contributed by atoms with Gasteiger partial charge in [0.2, 0.25) is 11.7 Å². The lowest BCUT2D eigenvalue weighted by Gasteiger charge is -2.29. The summed E-state index contributed by atoms with van der Waals surface area (Å²) in [5, 5.41) is 7.98. The first-order valence-corrected chi connectivity index (χ1v) is 8.89. The predicted molar refractivity (Wildman–Crippen MR) is 92.5 cm³/mol. The second-order valence-electron chi connectivity index (χ2n) is 5.96. The smallest absolute Gasteiger partial charge is 0.294 e. The molecule has 1 aliphatic heterocycles. The maximum Gasteiger partial charge on any atom is 0.294 e. The van der Waals surface area contributed by atoms with Gasteiger partial charge in [-0.25, -0.2) is 4.98 Å². The van der Waals surface area contributed by atoms with E-state index < -0.39 is 6.04 Å². The van der Waals surface area contributed by atoms with Gasteiger partial charge in [0, 0.05) is 18.8 Å². The first kappa shape index (κ1) is 16.6. The van der Waals surface area contributed by atoms with E-state index in [-0.39, 0.29) is 23.7 Å². The number of carbonyl (C=O) groups is 2. The summed E-state index contributed by atoms with van der Waals surface area (Å²) >= 11 is 1.56. The van der Waals surface area contributed by atoms with Crippen LogP contribution >= 0.6 is 11.8 Å². The third-order valence-electron chi connectivity index (χ3n) is 4.10. The minimum Gasteiger partial charge on any atom is -0.342 e.